The maximum atomic E-state index is 12.0. The topological polar surface area (TPSA) is 91.1 Å². The molecule has 2 aromatic rings. The van der Waals surface area contributed by atoms with Gasteiger partial charge in [-0.1, -0.05) is 22.0 Å². The number of H-pyrrole nitrogens is 1. The average molecular weight is 392 g/mol. The van der Waals surface area contributed by atoms with Gasteiger partial charge in [0.1, 0.15) is 0 Å². The summed E-state index contributed by atoms with van der Waals surface area (Å²) >= 11 is 3.29. The zero-order valence-electron chi connectivity index (χ0n) is 13.4. The van der Waals surface area contributed by atoms with Crippen LogP contribution in [0, 0.1) is 13.8 Å². The fraction of sp³-hybridized carbons (Fsp3) is 0.235. The van der Waals surface area contributed by atoms with Crippen molar-refractivity contribution < 1.29 is 9.59 Å². The van der Waals surface area contributed by atoms with Gasteiger partial charge in [-0.05, 0) is 43.7 Å². The van der Waals surface area contributed by atoms with Gasteiger partial charge in [-0.15, -0.1) is 0 Å². The molecule has 0 spiro atoms. The van der Waals surface area contributed by atoms with Crippen LogP contribution in [0.5, 0.6) is 0 Å². The number of nitrogens with one attached hydrogen (secondary N) is 3. The van der Waals surface area contributed by atoms with E-state index in [1.807, 2.05) is 19.1 Å². The Morgan fingerprint density at radius 3 is 2.58 bits per heavy atom. The quantitative estimate of drug-likeness (QED) is 0.725. The van der Waals surface area contributed by atoms with E-state index in [1.54, 1.807) is 25.1 Å². The fourth-order valence-corrected chi connectivity index (χ4v) is 2.64. The van der Waals surface area contributed by atoms with Gasteiger partial charge < -0.3 is 15.6 Å². The van der Waals surface area contributed by atoms with E-state index in [2.05, 4.69) is 31.5 Å². The van der Waals surface area contributed by atoms with Gasteiger partial charge in [-0.3, -0.25) is 14.4 Å². The molecular formula is C17H18BrN3O3. The van der Waals surface area contributed by atoms with Gasteiger partial charge in [0.05, 0.1) is 6.54 Å². The highest BCUT2D eigenvalue weighted by Gasteiger charge is 2.10. The number of rotatable bonds is 5. The molecule has 0 saturated carbocycles. The third kappa shape index (κ3) is 4.79. The standard InChI is InChI=1S/C17H18BrN3O3/c1-10-6-11(2)21-17(24)14(10)8-19-15(22)9-20-16(23)12-4-3-5-13(18)7-12/h3-7H,8-9H2,1-2H3,(H,19,22)(H,20,23)(H,21,24). The molecule has 0 unspecified atom stereocenters. The number of pyridine rings is 1. The number of hydrogen-bond acceptors (Lipinski definition) is 3. The third-order valence-corrected chi connectivity index (χ3v) is 3.95. The average Bonchev–Trinajstić information content (AvgIpc) is 2.51. The van der Waals surface area contributed by atoms with E-state index in [9.17, 15) is 14.4 Å². The van der Waals surface area contributed by atoms with E-state index in [1.165, 1.54) is 0 Å². The highest BCUT2D eigenvalue weighted by molar-refractivity contribution is 9.10. The SMILES string of the molecule is Cc1cc(C)c(CNC(=O)CNC(=O)c2cccc(Br)c2)c(=O)[nH]1. The molecule has 6 nitrogen and oxygen atoms in total. The van der Waals surface area contributed by atoms with Crippen LogP contribution >= 0.6 is 15.9 Å². The molecule has 7 heteroatoms. The minimum absolute atomic E-state index is 0.118. The van der Waals surface area contributed by atoms with E-state index in [4.69, 9.17) is 0 Å². The van der Waals surface area contributed by atoms with Gasteiger partial charge in [0, 0.05) is 27.8 Å². The van der Waals surface area contributed by atoms with Gasteiger partial charge in [0.2, 0.25) is 5.91 Å². The van der Waals surface area contributed by atoms with E-state index in [0.717, 1.165) is 15.7 Å². The van der Waals surface area contributed by atoms with Crippen LogP contribution in [-0.4, -0.2) is 23.3 Å². The van der Waals surface area contributed by atoms with E-state index in [0.29, 0.717) is 11.1 Å². The Bertz CT molecular complexity index is 830. The van der Waals surface area contributed by atoms with Crippen molar-refractivity contribution in [1.82, 2.24) is 15.6 Å². The summed E-state index contributed by atoms with van der Waals surface area (Å²) in [7, 11) is 0. The zero-order valence-corrected chi connectivity index (χ0v) is 15.0. The second-order valence-corrected chi connectivity index (χ2v) is 6.33. The summed E-state index contributed by atoms with van der Waals surface area (Å²) in [6.45, 7) is 3.58. The molecule has 1 heterocycles. The molecule has 3 N–H and O–H groups in total. The number of aromatic nitrogens is 1. The highest BCUT2D eigenvalue weighted by atomic mass is 79.9. The van der Waals surface area contributed by atoms with Crippen LogP contribution in [0.15, 0.2) is 39.6 Å². The Balaban J connectivity index is 1.88. The lowest BCUT2D eigenvalue weighted by Crippen LogP contribution is -2.37. The normalized spacial score (nSPS) is 10.3. The molecule has 126 valence electrons. The molecular weight excluding hydrogens is 374 g/mol. The van der Waals surface area contributed by atoms with Crippen molar-refractivity contribution in [1.29, 1.82) is 0 Å². The molecule has 0 aliphatic rings. The maximum absolute atomic E-state index is 12.0. The lowest BCUT2D eigenvalue weighted by Gasteiger charge is -2.09. The molecule has 0 saturated heterocycles. The summed E-state index contributed by atoms with van der Waals surface area (Å²) < 4.78 is 0.786. The van der Waals surface area contributed by atoms with Gasteiger partial charge in [0.25, 0.3) is 11.5 Å². The first-order valence-electron chi connectivity index (χ1n) is 7.36. The van der Waals surface area contributed by atoms with Crippen LogP contribution in [0.1, 0.15) is 27.2 Å². The Morgan fingerprint density at radius 1 is 1.17 bits per heavy atom. The van der Waals surface area contributed by atoms with Crippen LogP contribution in [0.4, 0.5) is 0 Å². The third-order valence-electron chi connectivity index (χ3n) is 3.45. The summed E-state index contributed by atoms with van der Waals surface area (Å²) in [4.78, 5) is 38.4. The van der Waals surface area contributed by atoms with Crippen molar-refractivity contribution in [2.75, 3.05) is 6.54 Å². The number of halogens is 1. The Kier molecular flexibility index (Phi) is 5.92. The van der Waals surface area contributed by atoms with Crippen molar-refractivity contribution in [2.45, 2.75) is 20.4 Å². The zero-order chi connectivity index (χ0) is 17.7. The fourth-order valence-electron chi connectivity index (χ4n) is 2.24. The number of amides is 2. The lowest BCUT2D eigenvalue weighted by atomic mass is 10.1. The summed E-state index contributed by atoms with van der Waals surface area (Å²) in [6, 6.07) is 8.73. The number of benzene rings is 1. The minimum Gasteiger partial charge on any atom is -0.350 e. The predicted molar refractivity (Wildman–Crippen MR) is 94.9 cm³/mol. The summed E-state index contributed by atoms with van der Waals surface area (Å²) in [5.41, 5.74) is 2.34. The van der Waals surface area contributed by atoms with Crippen molar-refractivity contribution in [3.05, 3.63) is 67.5 Å². The number of aryl methyl sites for hydroxylation is 2. The first-order valence-corrected chi connectivity index (χ1v) is 8.16. The molecule has 1 aromatic carbocycles. The largest absolute Gasteiger partial charge is 0.350 e. The summed E-state index contributed by atoms with van der Waals surface area (Å²) in [5.74, 6) is -0.700. The number of carbonyl (C=O) groups excluding carboxylic acids is 2. The first kappa shape index (κ1) is 17.9. The second kappa shape index (κ2) is 7.92. The molecule has 0 fully saturated rings. The van der Waals surface area contributed by atoms with Crippen molar-refractivity contribution in [2.24, 2.45) is 0 Å². The Hall–Kier alpha value is -2.41. The number of hydrogen-bond donors (Lipinski definition) is 3. The Morgan fingerprint density at radius 2 is 1.92 bits per heavy atom. The monoisotopic (exact) mass is 391 g/mol. The van der Waals surface area contributed by atoms with Gasteiger partial charge in [-0.2, -0.15) is 0 Å². The van der Waals surface area contributed by atoms with Crippen LogP contribution < -0.4 is 16.2 Å². The molecule has 0 atom stereocenters. The van der Waals surface area contributed by atoms with Crippen molar-refractivity contribution >= 4 is 27.7 Å². The maximum Gasteiger partial charge on any atom is 0.253 e. The molecule has 0 bridgehead atoms. The molecule has 0 aliphatic heterocycles. The second-order valence-electron chi connectivity index (χ2n) is 5.41. The van der Waals surface area contributed by atoms with Gasteiger partial charge in [0.15, 0.2) is 0 Å². The predicted octanol–water partition coefficient (Wildman–Crippen LogP) is 1.80. The molecule has 0 radical (unpaired) electrons. The van der Waals surface area contributed by atoms with Crippen molar-refractivity contribution in [3.63, 3.8) is 0 Å². The van der Waals surface area contributed by atoms with Crippen LogP contribution in [0.3, 0.4) is 0 Å². The summed E-state index contributed by atoms with van der Waals surface area (Å²) in [5, 5.41) is 5.18. The van der Waals surface area contributed by atoms with Crippen LogP contribution in [0.2, 0.25) is 0 Å². The van der Waals surface area contributed by atoms with Crippen LogP contribution in [-0.2, 0) is 11.3 Å². The minimum atomic E-state index is -0.363. The molecule has 2 amide bonds. The van der Waals surface area contributed by atoms with Gasteiger partial charge >= 0.3 is 0 Å². The lowest BCUT2D eigenvalue weighted by molar-refractivity contribution is -0.120. The molecule has 2 rings (SSSR count). The summed E-state index contributed by atoms with van der Waals surface area (Å²) in [6.07, 6.45) is 0. The molecule has 1 aromatic heterocycles. The van der Waals surface area contributed by atoms with E-state index in [-0.39, 0.29) is 30.5 Å². The smallest absolute Gasteiger partial charge is 0.253 e. The molecule has 0 aliphatic carbocycles. The number of aromatic amines is 1. The molecule has 24 heavy (non-hydrogen) atoms. The van der Waals surface area contributed by atoms with Gasteiger partial charge in [-0.25, -0.2) is 0 Å². The van der Waals surface area contributed by atoms with E-state index < -0.39 is 0 Å². The first-order chi connectivity index (χ1) is 11.4. The highest BCUT2D eigenvalue weighted by Crippen LogP contribution is 2.11. The van der Waals surface area contributed by atoms with E-state index >= 15 is 0 Å². The Labute approximate surface area is 147 Å². The van der Waals surface area contributed by atoms with Crippen molar-refractivity contribution in [3.8, 4) is 0 Å². The number of carbonyl (C=O) groups is 2. The van der Waals surface area contributed by atoms with Crippen LogP contribution in [0.25, 0.3) is 0 Å².